The predicted octanol–water partition coefficient (Wildman–Crippen LogP) is 5.26. The van der Waals surface area contributed by atoms with Gasteiger partial charge >= 0.3 is 12.2 Å². The molecule has 2 amide bonds. The first-order chi connectivity index (χ1) is 15.7. The Hall–Kier alpha value is -3.21. The van der Waals surface area contributed by atoms with Gasteiger partial charge in [-0.05, 0) is 44.9 Å². The maximum atomic E-state index is 13.3. The molecular weight excluding hydrogens is 453 g/mol. The van der Waals surface area contributed by atoms with Gasteiger partial charge in [0.25, 0.3) is 0 Å². The van der Waals surface area contributed by atoms with Gasteiger partial charge < -0.3 is 4.90 Å². The summed E-state index contributed by atoms with van der Waals surface area (Å²) in [4.78, 5) is 31.0. The van der Waals surface area contributed by atoms with Crippen LogP contribution in [-0.4, -0.2) is 40.1 Å². The molecule has 3 aromatic heterocycles. The van der Waals surface area contributed by atoms with E-state index in [9.17, 15) is 18.0 Å². The van der Waals surface area contributed by atoms with E-state index in [0.29, 0.717) is 23.2 Å². The number of aryl methyl sites for hydroxylation is 2. The smallest absolute Gasteiger partial charge is 0.366 e. The number of piperidine rings is 1. The van der Waals surface area contributed by atoms with Crippen LogP contribution in [0.1, 0.15) is 29.0 Å². The zero-order valence-electron chi connectivity index (χ0n) is 18.0. The second-order valence-corrected chi connectivity index (χ2v) is 9.41. The van der Waals surface area contributed by atoms with E-state index < -0.39 is 11.7 Å². The number of hydrogen-bond acceptors (Lipinski definition) is 6. The van der Waals surface area contributed by atoms with E-state index in [4.69, 9.17) is 0 Å². The van der Waals surface area contributed by atoms with Crippen molar-refractivity contribution < 1.29 is 18.0 Å². The van der Waals surface area contributed by atoms with Crippen LogP contribution in [0.5, 0.6) is 0 Å². The lowest BCUT2D eigenvalue weighted by molar-refractivity contribution is -0.137. The molecule has 33 heavy (non-hydrogen) atoms. The summed E-state index contributed by atoms with van der Waals surface area (Å²) in [5, 5.41) is 3.39. The number of aromatic nitrogens is 3. The first-order valence-corrected chi connectivity index (χ1v) is 11.3. The van der Waals surface area contributed by atoms with Crippen LogP contribution in [-0.2, 0) is 6.18 Å². The summed E-state index contributed by atoms with van der Waals surface area (Å²) in [5.41, 5.74) is 1.37. The molecule has 0 aromatic carbocycles. The number of carbonyl (C=O) groups is 1. The number of alkyl halides is 3. The fourth-order valence-corrected chi connectivity index (χ4v) is 5.06. The number of rotatable bonds is 2. The normalized spacial score (nSPS) is 17.7. The largest absolute Gasteiger partial charge is 0.417 e. The predicted molar refractivity (Wildman–Crippen MR) is 121 cm³/mol. The average molecular weight is 475 g/mol. The Balaban J connectivity index is 1.54. The van der Waals surface area contributed by atoms with Gasteiger partial charge in [-0.25, -0.2) is 14.8 Å². The van der Waals surface area contributed by atoms with Crippen LogP contribution in [0.2, 0.25) is 0 Å². The summed E-state index contributed by atoms with van der Waals surface area (Å²) in [5.74, 6) is 0.434. The van der Waals surface area contributed by atoms with Gasteiger partial charge in [-0.1, -0.05) is 0 Å². The number of carbonyl (C=O) groups excluding carboxylic acids is 1. The number of pyridine rings is 2. The molecule has 11 heteroatoms. The number of hydrogen-bond donors (Lipinski definition) is 1. The Kier molecular flexibility index (Phi) is 5.23. The van der Waals surface area contributed by atoms with Crippen LogP contribution in [0.3, 0.4) is 0 Å². The van der Waals surface area contributed by atoms with E-state index in [-0.39, 0.29) is 17.6 Å². The summed E-state index contributed by atoms with van der Waals surface area (Å²) >= 11 is 1.40. The molecule has 172 valence electrons. The molecule has 0 spiro atoms. The third-order valence-electron chi connectivity index (χ3n) is 6.01. The molecule has 2 bridgehead atoms. The molecule has 0 radical (unpaired) electrons. The zero-order chi connectivity index (χ0) is 23.3. The molecule has 5 heterocycles. The van der Waals surface area contributed by atoms with E-state index in [0.717, 1.165) is 47.9 Å². The van der Waals surface area contributed by atoms with Gasteiger partial charge in [-0.2, -0.15) is 13.2 Å². The van der Waals surface area contributed by atoms with E-state index in [1.165, 1.54) is 17.5 Å². The van der Waals surface area contributed by atoms with Crippen molar-refractivity contribution >= 4 is 34.0 Å². The van der Waals surface area contributed by atoms with Gasteiger partial charge in [0.2, 0.25) is 0 Å². The van der Waals surface area contributed by atoms with Crippen LogP contribution < -0.4 is 15.1 Å². The second kappa shape index (κ2) is 7.98. The number of fused-ring (bicyclic) bond motifs is 4. The van der Waals surface area contributed by atoms with Gasteiger partial charge in [-0.15, -0.1) is 11.3 Å². The van der Waals surface area contributed by atoms with Crippen LogP contribution >= 0.6 is 11.3 Å². The first-order valence-electron chi connectivity index (χ1n) is 10.5. The Morgan fingerprint density at radius 3 is 2.76 bits per heavy atom. The fraction of sp³-hybridized carbons (Fsp3) is 0.364. The number of nitrogens with zero attached hydrogens (tertiary/aromatic N) is 5. The molecule has 3 aromatic rings. The quantitative estimate of drug-likeness (QED) is 0.549. The van der Waals surface area contributed by atoms with E-state index in [2.05, 4.69) is 25.2 Å². The lowest BCUT2D eigenvalue weighted by Gasteiger charge is -2.45. The van der Waals surface area contributed by atoms with Crippen molar-refractivity contribution in [1.29, 1.82) is 0 Å². The summed E-state index contributed by atoms with van der Waals surface area (Å²) < 4.78 is 39.6. The number of halogens is 3. The maximum absolute atomic E-state index is 13.3. The molecule has 0 saturated carbocycles. The fourth-order valence-electron chi connectivity index (χ4n) is 4.26. The number of nitrogens with one attached hydrogen (secondary N) is 1. The van der Waals surface area contributed by atoms with Crippen LogP contribution in [0.15, 0.2) is 30.6 Å². The SMILES string of the molecule is Cc1nc(NC(=O)N2c3nc(-c4cncc(C(F)(F)F)c4)ccc3N3CCC[C@H]2C3)sc1C. The molecule has 7 nitrogen and oxygen atoms in total. The zero-order valence-corrected chi connectivity index (χ0v) is 18.8. The lowest BCUT2D eigenvalue weighted by Crippen LogP contribution is -2.56. The third kappa shape index (κ3) is 4.01. The molecule has 1 fully saturated rings. The lowest BCUT2D eigenvalue weighted by atomic mass is 9.99. The van der Waals surface area contributed by atoms with Crippen molar-refractivity contribution in [3.8, 4) is 11.3 Å². The van der Waals surface area contributed by atoms with Gasteiger partial charge in [-0.3, -0.25) is 15.2 Å². The van der Waals surface area contributed by atoms with Crippen molar-refractivity contribution in [3.05, 3.63) is 46.7 Å². The highest BCUT2D eigenvalue weighted by Crippen LogP contribution is 2.40. The summed E-state index contributed by atoms with van der Waals surface area (Å²) in [6.07, 6.45) is -0.621. The van der Waals surface area contributed by atoms with E-state index in [1.54, 1.807) is 11.0 Å². The highest BCUT2D eigenvalue weighted by Gasteiger charge is 2.39. The minimum atomic E-state index is -4.50. The minimum absolute atomic E-state index is 0.0872. The van der Waals surface area contributed by atoms with Crippen molar-refractivity contribution in [2.24, 2.45) is 0 Å². The van der Waals surface area contributed by atoms with Crippen molar-refractivity contribution in [2.75, 3.05) is 28.2 Å². The minimum Gasteiger partial charge on any atom is -0.366 e. The van der Waals surface area contributed by atoms with Crippen LogP contribution in [0.4, 0.5) is 34.6 Å². The number of thiazole rings is 1. The van der Waals surface area contributed by atoms with E-state index in [1.807, 2.05) is 19.9 Å². The number of anilines is 3. The average Bonchev–Trinajstić information content (AvgIpc) is 3.09. The molecule has 1 saturated heterocycles. The number of urea groups is 1. The molecule has 5 rings (SSSR count). The summed E-state index contributed by atoms with van der Waals surface area (Å²) in [6.45, 7) is 5.35. The first kappa shape index (κ1) is 21.6. The van der Waals surface area contributed by atoms with Gasteiger partial charge in [0, 0.05) is 35.9 Å². The van der Waals surface area contributed by atoms with Crippen molar-refractivity contribution in [3.63, 3.8) is 0 Å². The number of amides is 2. The van der Waals surface area contributed by atoms with Gasteiger partial charge in [0.15, 0.2) is 10.9 Å². The van der Waals surface area contributed by atoms with Gasteiger partial charge in [0.05, 0.1) is 28.7 Å². The standard InChI is InChI=1S/C22H21F3N6OS/c1-12-13(2)33-20(27-12)29-21(32)31-16-4-3-7-30(11-16)18-6-5-17(28-19(18)31)14-8-15(10-26-9-14)22(23,24)25/h5-6,8-10,16H,3-4,7,11H2,1-2H3,(H,27,29,32)/t16-/m0/s1. The second-order valence-electron chi connectivity index (χ2n) is 8.20. The summed E-state index contributed by atoms with van der Waals surface area (Å²) in [6, 6.07) is 4.09. The maximum Gasteiger partial charge on any atom is 0.417 e. The molecule has 2 aliphatic heterocycles. The van der Waals surface area contributed by atoms with Crippen molar-refractivity contribution in [1.82, 2.24) is 15.0 Å². The third-order valence-corrected chi connectivity index (χ3v) is 7.00. The molecule has 1 atom stereocenters. The Morgan fingerprint density at radius 1 is 1.21 bits per heavy atom. The molecule has 1 N–H and O–H groups in total. The molecule has 0 aliphatic carbocycles. The Labute approximate surface area is 192 Å². The van der Waals surface area contributed by atoms with Crippen LogP contribution in [0, 0.1) is 13.8 Å². The highest BCUT2D eigenvalue weighted by molar-refractivity contribution is 7.15. The van der Waals surface area contributed by atoms with E-state index >= 15 is 0 Å². The monoisotopic (exact) mass is 474 g/mol. The molecule has 2 aliphatic rings. The molecular formula is C22H21F3N6OS. The van der Waals surface area contributed by atoms with Crippen molar-refractivity contribution in [2.45, 2.75) is 38.9 Å². The Bertz CT molecular complexity index is 1210. The summed E-state index contributed by atoms with van der Waals surface area (Å²) in [7, 11) is 0. The Morgan fingerprint density at radius 2 is 2.03 bits per heavy atom. The highest BCUT2D eigenvalue weighted by atomic mass is 32.1. The molecule has 0 unspecified atom stereocenters. The topological polar surface area (TPSA) is 74.2 Å². The van der Waals surface area contributed by atoms with Gasteiger partial charge in [0.1, 0.15) is 0 Å². The van der Waals surface area contributed by atoms with Crippen LogP contribution in [0.25, 0.3) is 11.3 Å².